The fraction of sp³-hybridized carbons (Fsp3) is 0.0625. The Balaban J connectivity index is 2.05. The highest BCUT2D eigenvalue weighted by Gasteiger charge is 2.11. The van der Waals surface area contributed by atoms with Gasteiger partial charge < -0.3 is 5.73 Å². The Labute approximate surface area is 134 Å². The van der Waals surface area contributed by atoms with Gasteiger partial charge in [-0.25, -0.2) is 0 Å². The molecule has 0 aliphatic heterocycles. The molecule has 20 heavy (non-hydrogen) atoms. The number of nitrogens with zero attached hydrogens (tertiary/aromatic N) is 1. The van der Waals surface area contributed by atoms with Gasteiger partial charge in [0.05, 0.1) is 11.6 Å². The summed E-state index contributed by atoms with van der Waals surface area (Å²) in [7, 11) is 0. The van der Waals surface area contributed by atoms with Crippen LogP contribution in [0.5, 0.6) is 0 Å². The van der Waals surface area contributed by atoms with Crippen LogP contribution in [0.15, 0.2) is 63.7 Å². The minimum atomic E-state index is -0.194. The summed E-state index contributed by atoms with van der Waals surface area (Å²) in [5.41, 5.74) is 9.40. The third-order valence-electron chi connectivity index (χ3n) is 3.21. The molecular formula is C16H12Br2N2. The number of rotatable bonds is 2. The predicted octanol–water partition coefficient (Wildman–Crippen LogP) is 4.81. The molecule has 3 aromatic rings. The second-order valence-electron chi connectivity index (χ2n) is 4.64. The lowest BCUT2D eigenvalue weighted by Crippen LogP contribution is -2.12. The maximum absolute atomic E-state index is 6.36. The second-order valence-corrected chi connectivity index (χ2v) is 6.47. The van der Waals surface area contributed by atoms with E-state index >= 15 is 0 Å². The maximum atomic E-state index is 6.36. The van der Waals surface area contributed by atoms with Crippen LogP contribution in [0.1, 0.15) is 17.2 Å². The van der Waals surface area contributed by atoms with Crippen molar-refractivity contribution in [3.8, 4) is 0 Å². The highest BCUT2D eigenvalue weighted by Crippen LogP contribution is 2.27. The molecule has 0 radical (unpaired) electrons. The Hall–Kier alpha value is -1.23. The number of fused-ring (bicyclic) bond motifs is 1. The molecule has 3 rings (SSSR count). The van der Waals surface area contributed by atoms with Crippen molar-refractivity contribution in [2.24, 2.45) is 5.73 Å². The lowest BCUT2D eigenvalue weighted by atomic mass is 10.00. The van der Waals surface area contributed by atoms with E-state index in [0.29, 0.717) is 0 Å². The minimum absolute atomic E-state index is 0.194. The van der Waals surface area contributed by atoms with Crippen LogP contribution in [0.3, 0.4) is 0 Å². The first-order valence-corrected chi connectivity index (χ1v) is 7.78. The Morgan fingerprint density at radius 3 is 2.35 bits per heavy atom. The van der Waals surface area contributed by atoms with E-state index in [2.05, 4.69) is 49.0 Å². The van der Waals surface area contributed by atoms with Crippen LogP contribution in [0.25, 0.3) is 10.9 Å². The van der Waals surface area contributed by atoms with Gasteiger partial charge in [0.1, 0.15) is 0 Å². The van der Waals surface area contributed by atoms with Crippen molar-refractivity contribution in [2.45, 2.75) is 6.04 Å². The van der Waals surface area contributed by atoms with E-state index in [-0.39, 0.29) is 6.04 Å². The van der Waals surface area contributed by atoms with Gasteiger partial charge in [-0.3, -0.25) is 4.98 Å². The van der Waals surface area contributed by atoms with Crippen LogP contribution in [0, 0.1) is 0 Å². The minimum Gasteiger partial charge on any atom is -0.320 e. The Morgan fingerprint density at radius 2 is 1.60 bits per heavy atom. The number of hydrogen-bond donors (Lipinski definition) is 1. The third-order valence-corrected chi connectivity index (χ3v) is 4.13. The van der Waals surface area contributed by atoms with Crippen molar-refractivity contribution in [2.75, 3.05) is 0 Å². The summed E-state index contributed by atoms with van der Waals surface area (Å²) in [4.78, 5) is 4.47. The quantitative estimate of drug-likeness (QED) is 0.680. The summed E-state index contributed by atoms with van der Waals surface area (Å²) < 4.78 is 2.01. The molecule has 0 saturated heterocycles. The normalized spacial score (nSPS) is 12.6. The van der Waals surface area contributed by atoms with E-state index in [1.807, 2.05) is 42.6 Å². The van der Waals surface area contributed by atoms with Gasteiger partial charge in [-0.05, 0) is 41.5 Å². The van der Waals surface area contributed by atoms with Gasteiger partial charge in [-0.1, -0.05) is 50.1 Å². The summed E-state index contributed by atoms with van der Waals surface area (Å²) in [6.07, 6.45) is 1.85. The van der Waals surface area contributed by atoms with Gasteiger partial charge in [-0.15, -0.1) is 0 Å². The van der Waals surface area contributed by atoms with Gasteiger partial charge >= 0.3 is 0 Å². The van der Waals surface area contributed by atoms with Crippen LogP contribution in [-0.4, -0.2) is 4.98 Å². The molecule has 1 aromatic heterocycles. The number of aromatic nitrogens is 1. The number of halogens is 2. The van der Waals surface area contributed by atoms with E-state index in [9.17, 15) is 0 Å². The Kier molecular flexibility index (Phi) is 3.87. The maximum Gasteiger partial charge on any atom is 0.0702 e. The average molecular weight is 392 g/mol. The first-order chi connectivity index (χ1) is 9.63. The molecule has 100 valence electrons. The fourth-order valence-corrected chi connectivity index (χ4v) is 3.53. The zero-order chi connectivity index (χ0) is 14.1. The molecule has 1 atom stereocenters. The molecule has 0 saturated carbocycles. The fourth-order valence-electron chi connectivity index (χ4n) is 2.21. The first kappa shape index (κ1) is 13.7. The van der Waals surface area contributed by atoms with Gasteiger partial charge in [0, 0.05) is 20.5 Å². The number of benzene rings is 2. The summed E-state index contributed by atoms with van der Waals surface area (Å²) in [6.45, 7) is 0. The summed E-state index contributed by atoms with van der Waals surface area (Å²) in [5.74, 6) is 0. The summed E-state index contributed by atoms with van der Waals surface area (Å²) in [6, 6.07) is 16.0. The van der Waals surface area contributed by atoms with E-state index in [1.165, 1.54) is 0 Å². The number of nitrogens with two attached hydrogens (primary N) is 1. The lowest BCUT2D eigenvalue weighted by Gasteiger charge is -2.14. The van der Waals surface area contributed by atoms with E-state index in [1.54, 1.807) is 0 Å². The summed E-state index contributed by atoms with van der Waals surface area (Å²) >= 11 is 6.98. The van der Waals surface area contributed by atoms with Gasteiger partial charge in [0.2, 0.25) is 0 Å². The number of pyridine rings is 1. The zero-order valence-electron chi connectivity index (χ0n) is 10.6. The molecule has 1 heterocycles. The monoisotopic (exact) mass is 390 g/mol. The highest BCUT2D eigenvalue weighted by atomic mass is 79.9. The Bertz CT molecular complexity index is 751. The summed E-state index contributed by atoms with van der Waals surface area (Å²) in [5, 5.41) is 1.11. The molecule has 0 spiro atoms. The SMILES string of the molecule is NC(c1cc(Br)cc(Br)c1)c1cnc2ccccc2c1. The Morgan fingerprint density at radius 1 is 0.900 bits per heavy atom. The second kappa shape index (κ2) is 5.64. The molecule has 0 aliphatic rings. The molecule has 0 fully saturated rings. The first-order valence-electron chi connectivity index (χ1n) is 6.20. The predicted molar refractivity (Wildman–Crippen MR) is 89.6 cm³/mol. The van der Waals surface area contributed by atoms with Crippen LogP contribution in [-0.2, 0) is 0 Å². The van der Waals surface area contributed by atoms with Crippen LogP contribution < -0.4 is 5.73 Å². The molecule has 4 heteroatoms. The third kappa shape index (κ3) is 2.77. The standard InChI is InChI=1S/C16H12Br2N2/c17-13-6-11(7-14(18)8-13)16(19)12-5-10-3-1-2-4-15(10)20-9-12/h1-9,16H,19H2. The lowest BCUT2D eigenvalue weighted by molar-refractivity contribution is 0.865. The van der Waals surface area contributed by atoms with Crippen molar-refractivity contribution >= 4 is 42.8 Å². The van der Waals surface area contributed by atoms with Gasteiger partial charge in [0.25, 0.3) is 0 Å². The molecule has 0 bridgehead atoms. The van der Waals surface area contributed by atoms with Crippen LogP contribution in [0.2, 0.25) is 0 Å². The van der Waals surface area contributed by atoms with Gasteiger partial charge in [0.15, 0.2) is 0 Å². The largest absolute Gasteiger partial charge is 0.320 e. The van der Waals surface area contributed by atoms with Crippen molar-refractivity contribution in [1.29, 1.82) is 0 Å². The highest BCUT2D eigenvalue weighted by molar-refractivity contribution is 9.11. The zero-order valence-corrected chi connectivity index (χ0v) is 13.7. The van der Waals surface area contributed by atoms with Crippen molar-refractivity contribution in [3.63, 3.8) is 0 Å². The van der Waals surface area contributed by atoms with Crippen LogP contribution >= 0.6 is 31.9 Å². The molecular weight excluding hydrogens is 380 g/mol. The average Bonchev–Trinajstić information content (AvgIpc) is 2.45. The van der Waals surface area contributed by atoms with Crippen molar-refractivity contribution < 1.29 is 0 Å². The topological polar surface area (TPSA) is 38.9 Å². The van der Waals surface area contributed by atoms with E-state index < -0.39 is 0 Å². The number of para-hydroxylation sites is 1. The number of hydrogen-bond acceptors (Lipinski definition) is 2. The molecule has 0 aliphatic carbocycles. The molecule has 2 nitrogen and oxygen atoms in total. The van der Waals surface area contributed by atoms with Crippen LogP contribution in [0.4, 0.5) is 0 Å². The molecule has 2 N–H and O–H groups in total. The molecule has 0 amide bonds. The van der Waals surface area contributed by atoms with Gasteiger partial charge in [-0.2, -0.15) is 0 Å². The van der Waals surface area contributed by atoms with E-state index in [0.717, 1.165) is 31.0 Å². The molecule has 2 aromatic carbocycles. The van der Waals surface area contributed by atoms with Crippen molar-refractivity contribution in [3.05, 3.63) is 74.8 Å². The smallest absolute Gasteiger partial charge is 0.0702 e. The van der Waals surface area contributed by atoms with Crippen molar-refractivity contribution in [1.82, 2.24) is 4.98 Å². The van der Waals surface area contributed by atoms with E-state index in [4.69, 9.17) is 5.73 Å². The molecule has 1 unspecified atom stereocenters.